The number of nitrogens with one attached hydrogen (secondary N) is 1. The second kappa shape index (κ2) is 8.10. The van der Waals surface area contributed by atoms with E-state index in [1.54, 1.807) is 0 Å². The molecule has 5 nitrogen and oxygen atoms in total. The van der Waals surface area contributed by atoms with Crippen LogP contribution in [0.4, 0.5) is 11.5 Å². The third-order valence-corrected chi connectivity index (χ3v) is 4.85. The number of aryl methyl sites for hydroxylation is 1. The molecule has 0 fully saturated rings. The molecule has 1 heterocycles. The lowest BCUT2D eigenvalue weighted by atomic mass is 10.0. The molecule has 1 amide bonds. The van der Waals surface area contributed by atoms with E-state index in [-0.39, 0.29) is 5.91 Å². The van der Waals surface area contributed by atoms with Crippen molar-refractivity contribution in [2.45, 2.75) is 19.8 Å². The van der Waals surface area contributed by atoms with E-state index in [1.807, 2.05) is 60.7 Å². The van der Waals surface area contributed by atoms with Gasteiger partial charge in [-0.15, -0.1) is 0 Å². The zero-order valence-electron chi connectivity index (χ0n) is 16.2. The fourth-order valence-electron chi connectivity index (χ4n) is 3.39. The number of nitrogens with two attached hydrogens (primary N) is 1. The molecule has 3 N–H and O–H groups in total. The van der Waals surface area contributed by atoms with Crippen LogP contribution in [-0.2, 0) is 6.42 Å². The second-order valence-electron chi connectivity index (χ2n) is 6.98. The quantitative estimate of drug-likeness (QED) is 0.504. The smallest absolute Gasteiger partial charge is 0.255 e. The van der Waals surface area contributed by atoms with Crippen LogP contribution >= 0.6 is 0 Å². The normalized spacial score (nSPS) is 10.8. The Kier molecular flexibility index (Phi) is 5.20. The lowest BCUT2D eigenvalue weighted by Crippen LogP contribution is -2.12. The van der Waals surface area contributed by atoms with Crippen LogP contribution in [0, 0.1) is 0 Å². The molecule has 29 heavy (non-hydrogen) atoms. The molecule has 144 valence electrons. The van der Waals surface area contributed by atoms with Gasteiger partial charge >= 0.3 is 0 Å². The summed E-state index contributed by atoms with van der Waals surface area (Å²) in [4.78, 5) is 21.1. The molecule has 0 atom stereocenters. The Balaban J connectivity index is 1.61. The summed E-state index contributed by atoms with van der Waals surface area (Å²) in [6.45, 7) is 2.14. The van der Waals surface area contributed by atoms with Gasteiger partial charge in [-0.1, -0.05) is 43.7 Å². The maximum Gasteiger partial charge on any atom is 0.255 e. The minimum absolute atomic E-state index is 0.135. The number of hydrogen-bond donors (Lipinski definition) is 2. The summed E-state index contributed by atoms with van der Waals surface area (Å²) < 4.78 is 0. The molecule has 0 unspecified atom stereocenters. The Morgan fingerprint density at radius 2 is 1.79 bits per heavy atom. The molecule has 4 rings (SSSR count). The second-order valence-corrected chi connectivity index (χ2v) is 6.98. The first-order valence-corrected chi connectivity index (χ1v) is 9.65. The molecular weight excluding hydrogens is 360 g/mol. The summed E-state index contributed by atoms with van der Waals surface area (Å²) in [5, 5.41) is 3.79. The van der Waals surface area contributed by atoms with E-state index in [0.717, 1.165) is 40.6 Å². The first-order chi connectivity index (χ1) is 14.1. The number of anilines is 2. The van der Waals surface area contributed by atoms with Gasteiger partial charge in [0.1, 0.15) is 12.1 Å². The number of carbonyl (C=O) groups excluding carboxylic acids is 1. The summed E-state index contributed by atoms with van der Waals surface area (Å²) in [5.74, 6) is 0.307. The minimum atomic E-state index is -0.135. The zero-order valence-corrected chi connectivity index (χ0v) is 16.2. The van der Waals surface area contributed by atoms with Gasteiger partial charge in [-0.25, -0.2) is 9.97 Å². The van der Waals surface area contributed by atoms with Crippen molar-refractivity contribution in [3.63, 3.8) is 0 Å². The van der Waals surface area contributed by atoms with Crippen molar-refractivity contribution in [1.82, 2.24) is 9.97 Å². The third kappa shape index (κ3) is 4.09. The molecule has 5 heteroatoms. The predicted octanol–water partition coefficient (Wildman–Crippen LogP) is 5.08. The number of aromatic nitrogens is 2. The molecule has 4 aromatic rings. The fourth-order valence-corrected chi connectivity index (χ4v) is 3.39. The lowest BCUT2D eigenvalue weighted by molar-refractivity contribution is 0.102. The van der Waals surface area contributed by atoms with Crippen molar-refractivity contribution in [3.05, 3.63) is 84.2 Å². The van der Waals surface area contributed by atoms with Gasteiger partial charge in [-0.2, -0.15) is 0 Å². The van der Waals surface area contributed by atoms with Gasteiger partial charge in [-0.05, 0) is 59.5 Å². The highest BCUT2D eigenvalue weighted by Crippen LogP contribution is 2.26. The highest BCUT2D eigenvalue weighted by molar-refractivity contribution is 6.05. The first kappa shape index (κ1) is 18.6. The number of nitrogen functional groups attached to an aromatic ring is 1. The van der Waals surface area contributed by atoms with Crippen LogP contribution < -0.4 is 11.1 Å². The number of carbonyl (C=O) groups is 1. The molecule has 0 aliphatic rings. The van der Waals surface area contributed by atoms with E-state index in [4.69, 9.17) is 5.73 Å². The molecule has 1 aromatic heterocycles. The van der Waals surface area contributed by atoms with Gasteiger partial charge < -0.3 is 11.1 Å². The maximum atomic E-state index is 12.8. The largest absolute Gasteiger partial charge is 0.383 e. The summed E-state index contributed by atoms with van der Waals surface area (Å²) in [6.07, 6.45) is 3.52. The number of rotatable bonds is 5. The van der Waals surface area contributed by atoms with Gasteiger partial charge in [0, 0.05) is 16.6 Å². The lowest BCUT2D eigenvalue weighted by Gasteiger charge is -2.09. The Morgan fingerprint density at radius 1 is 0.966 bits per heavy atom. The predicted molar refractivity (Wildman–Crippen MR) is 118 cm³/mol. The minimum Gasteiger partial charge on any atom is -0.383 e. The van der Waals surface area contributed by atoms with Gasteiger partial charge in [-0.3, -0.25) is 4.79 Å². The standard InChI is InChI=1S/C24H22N4O/c1-2-5-16-6-3-9-20(12-16)28-24(29)19-8-4-7-17(13-19)18-10-11-22-21(14-18)23(25)27-15-26-22/h3-4,6-15H,2,5H2,1H3,(H,28,29)(H2,25,26,27). The van der Waals surface area contributed by atoms with Crippen molar-refractivity contribution in [2.75, 3.05) is 11.1 Å². The summed E-state index contributed by atoms with van der Waals surface area (Å²) in [7, 11) is 0. The number of amides is 1. The molecule has 0 aliphatic carbocycles. The SMILES string of the molecule is CCCc1cccc(NC(=O)c2cccc(-c3ccc4ncnc(N)c4c3)c2)c1. The molecule has 0 radical (unpaired) electrons. The Bertz CT molecular complexity index is 1190. The van der Waals surface area contributed by atoms with Crippen LogP contribution in [-0.4, -0.2) is 15.9 Å². The van der Waals surface area contributed by atoms with E-state index in [1.165, 1.54) is 11.9 Å². The van der Waals surface area contributed by atoms with E-state index in [9.17, 15) is 4.79 Å². The van der Waals surface area contributed by atoms with E-state index in [2.05, 4.69) is 28.3 Å². The molecule has 0 bridgehead atoms. The molecule has 0 saturated heterocycles. The number of hydrogen-bond acceptors (Lipinski definition) is 4. The highest BCUT2D eigenvalue weighted by atomic mass is 16.1. The van der Waals surface area contributed by atoms with Gasteiger partial charge in [0.15, 0.2) is 0 Å². The zero-order chi connectivity index (χ0) is 20.2. The summed E-state index contributed by atoms with van der Waals surface area (Å²) >= 11 is 0. The average molecular weight is 382 g/mol. The molecule has 3 aromatic carbocycles. The van der Waals surface area contributed by atoms with E-state index < -0.39 is 0 Å². The van der Waals surface area contributed by atoms with Crippen LogP contribution in [0.25, 0.3) is 22.0 Å². The maximum absolute atomic E-state index is 12.8. The summed E-state index contributed by atoms with van der Waals surface area (Å²) in [6, 6.07) is 21.4. The molecule has 0 aliphatic heterocycles. The van der Waals surface area contributed by atoms with Gasteiger partial charge in [0.05, 0.1) is 5.52 Å². The summed E-state index contributed by atoms with van der Waals surface area (Å²) in [5.41, 5.74) is 11.3. The van der Waals surface area contributed by atoms with Crippen molar-refractivity contribution in [2.24, 2.45) is 0 Å². The van der Waals surface area contributed by atoms with Crippen LogP contribution in [0.2, 0.25) is 0 Å². The fraction of sp³-hybridized carbons (Fsp3) is 0.125. The van der Waals surface area contributed by atoms with Crippen LogP contribution in [0.1, 0.15) is 29.3 Å². The number of benzene rings is 3. The van der Waals surface area contributed by atoms with Gasteiger partial charge in [0.25, 0.3) is 5.91 Å². The molecule has 0 spiro atoms. The first-order valence-electron chi connectivity index (χ1n) is 9.65. The van der Waals surface area contributed by atoms with Crippen LogP contribution in [0.5, 0.6) is 0 Å². The van der Waals surface area contributed by atoms with Crippen molar-refractivity contribution >= 4 is 28.3 Å². The van der Waals surface area contributed by atoms with Gasteiger partial charge in [0.2, 0.25) is 0 Å². The van der Waals surface area contributed by atoms with E-state index in [0.29, 0.717) is 11.4 Å². The third-order valence-electron chi connectivity index (χ3n) is 4.85. The van der Waals surface area contributed by atoms with Crippen molar-refractivity contribution < 1.29 is 4.79 Å². The Labute approximate surface area is 169 Å². The number of fused-ring (bicyclic) bond motifs is 1. The molecular formula is C24H22N4O. The Hall–Kier alpha value is -3.73. The topological polar surface area (TPSA) is 80.9 Å². The molecule has 0 saturated carbocycles. The van der Waals surface area contributed by atoms with Crippen LogP contribution in [0.3, 0.4) is 0 Å². The number of nitrogens with zero attached hydrogens (tertiary/aromatic N) is 2. The van der Waals surface area contributed by atoms with E-state index >= 15 is 0 Å². The van der Waals surface area contributed by atoms with Crippen molar-refractivity contribution in [1.29, 1.82) is 0 Å². The van der Waals surface area contributed by atoms with Crippen molar-refractivity contribution in [3.8, 4) is 11.1 Å². The monoisotopic (exact) mass is 382 g/mol. The highest BCUT2D eigenvalue weighted by Gasteiger charge is 2.09. The van der Waals surface area contributed by atoms with Crippen LogP contribution in [0.15, 0.2) is 73.1 Å². The Morgan fingerprint density at radius 3 is 2.66 bits per heavy atom. The average Bonchev–Trinajstić information content (AvgIpc) is 2.74.